The summed E-state index contributed by atoms with van der Waals surface area (Å²) in [6, 6.07) is 14.8. The Morgan fingerprint density at radius 3 is 2.67 bits per heavy atom. The van der Waals surface area contributed by atoms with Crippen molar-refractivity contribution in [3.8, 4) is 5.75 Å². The second-order valence-corrected chi connectivity index (χ2v) is 6.60. The van der Waals surface area contributed by atoms with Crippen molar-refractivity contribution in [1.82, 2.24) is 9.97 Å². The van der Waals surface area contributed by atoms with E-state index in [9.17, 15) is 5.11 Å². The number of hydrazone groups is 1. The van der Waals surface area contributed by atoms with Gasteiger partial charge in [-0.1, -0.05) is 53.5 Å². The minimum absolute atomic E-state index is 0.0873. The molecule has 0 aliphatic heterocycles. The van der Waals surface area contributed by atoms with Crippen LogP contribution in [0.4, 0.5) is 11.8 Å². The van der Waals surface area contributed by atoms with Crippen LogP contribution < -0.4 is 10.7 Å². The van der Waals surface area contributed by atoms with Crippen LogP contribution in [0.25, 0.3) is 0 Å². The van der Waals surface area contributed by atoms with Crippen molar-refractivity contribution in [3.63, 3.8) is 0 Å². The second-order valence-electron chi connectivity index (χ2n) is 5.75. The van der Waals surface area contributed by atoms with E-state index >= 15 is 0 Å². The lowest BCUT2D eigenvalue weighted by atomic mass is 10.2. The highest BCUT2D eigenvalue weighted by Crippen LogP contribution is 2.30. The quantitative estimate of drug-likeness (QED) is 0.405. The van der Waals surface area contributed by atoms with Gasteiger partial charge in [-0.2, -0.15) is 10.1 Å². The van der Waals surface area contributed by atoms with Crippen LogP contribution in [-0.2, 0) is 6.54 Å². The number of benzene rings is 2. The number of aromatic nitrogens is 2. The zero-order valence-corrected chi connectivity index (χ0v) is 16.0. The van der Waals surface area contributed by atoms with Crippen LogP contribution in [0.3, 0.4) is 0 Å². The van der Waals surface area contributed by atoms with Gasteiger partial charge in [0.2, 0.25) is 5.95 Å². The number of phenols is 1. The van der Waals surface area contributed by atoms with Crippen LogP contribution in [0.1, 0.15) is 16.8 Å². The average molecular weight is 402 g/mol. The molecule has 1 aromatic heterocycles. The highest BCUT2D eigenvalue weighted by molar-refractivity contribution is 6.36. The molecule has 0 amide bonds. The first-order valence-electron chi connectivity index (χ1n) is 8.12. The Morgan fingerprint density at radius 1 is 1.11 bits per heavy atom. The molecule has 0 aliphatic rings. The topological polar surface area (TPSA) is 82.4 Å². The minimum atomic E-state index is -0.0873. The van der Waals surface area contributed by atoms with Gasteiger partial charge in [0, 0.05) is 28.9 Å². The van der Waals surface area contributed by atoms with E-state index in [2.05, 4.69) is 25.8 Å². The third-order valence-electron chi connectivity index (χ3n) is 3.59. The van der Waals surface area contributed by atoms with E-state index < -0.39 is 0 Å². The molecule has 138 valence electrons. The van der Waals surface area contributed by atoms with E-state index in [-0.39, 0.29) is 10.8 Å². The van der Waals surface area contributed by atoms with E-state index in [0.29, 0.717) is 28.9 Å². The first kappa shape index (κ1) is 18.9. The lowest BCUT2D eigenvalue weighted by Crippen LogP contribution is -2.06. The van der Waals surface area contributed by atoms with Gasteiger partial charge in [0.05, 0.1) is 11.2 Å². The van der Waals surface area contributed by atoms with Crippen molar-refractivity contribution < 1.29 is 5.11 Å². The first-order valence-corrected chi connectivity index (χ1v) is 8.87. The summed E-state index contributed by atoms with van der Waals surface area (Å²) < 4.78 is 0. The average Bonchev–Trinajstić information content (AvgIpc) is 2.64. The summed E-state index contributed by atoms with van der Waals surface area (Å²) in [6.07, 6.45) is 1.42. The number of halogens is 2. The monoisotopic (exact) mass is 401 g/mol. The Kier molecular flexibility index (Phi) is 6.11. The summed E-state index contributed by atoms with van der Waals surface area (Å²) in [5.41, 5.74) is 5.13. The Hall–Kier alpha value is -2.83. The molecule has 6 nitrogen and oxygen atoms in total. The zero-order chi connectivity index (χ0) is 19.2. The predicted molar refractivity (Wildman–Crippen MR) is 110 cm³/mol. The second kappa shape index (κ2) is 8.70. The molecule has 2 aromatic carbocycles. The summed E-state index contributed by atoms with van der Waals surface area (Å²) in [7, 11) is 0. The lowest BCUT2D eigenvalue weighted by Gasteiger charge is -2.08. The Balaban J connectivity index is 1.69. The maximum atomic E-state index is 9.94. The molecule has 0 fully saturated rings. The van der Waals surface area contributed by atoms with Gasteiger partial charge < -0.3 is 10.4 Å². The highest BCUT2D eigenvalue weighted by atomic mass is 35.5. The smallest absolute Gasteiger partial charge is 0.225 e. The van der Waals surface area contributed by atoms with Gasteiger partial charge in [-0.3, -0.25) is 5.43 Å². The SMILES string of the molecule is Cc1cc(NN=Cc2cc(Cl)cc(Cl)c2O)nc(NCc2ccccc2)n1. The lowest BCUT2D eigenvalue weighted by molar-refractivity contribution is 0.475. The number of aromatic hydroxyl groups is 1. The number of hydrogen-bond donors (Lipinski definition) is 3. The van der Waals surface area contributed by atoms with E-state index in [1.54, 1.807) is 12.1 Å². The zero-order valence-electron chi connectivity index (χ0n) is 14.4. The van der Waals surface area contributed by atoms with Crippen molar-refractivity contribution in [2.75, 3.05) is 10.7 Å². The number of rotatable bonds is 6. The molecule has 3 aromatic rings. The molecule has 8 heteroatoms. The number of phenolic OH excluding ortho intramolecular Hbond substituents is 1. The molecule has 27 heavy (non-hydrogen) atoms. The number of aryl methyl sites for hydroxylation is 1. The fourth-order valence-corrected chi connectivity index (χ4v) is 2.84. The number of nitrogens with zero attached hydrogens (tertiary/aromatic N) is 3. The highest BCUT2D eigenvalue weighted by Gasteiger charge is 2.06. The molecular weight excluding hydrogens is 385 g/mol. The predicted octanol–water partition coefficient (Wildman–Crippen LogP) is 4.86. The van der Waals surface area contributed by atoms with Crippen molar-refractivity contribution in [3.05, 3.63) is 75.4 Å². The fraction of sp³-hybridized carbons (Fsp3) is 0.105. The summed E-state index contributed by atoms with van der Waals surface area (Å²) in [6.45, 7) is 2.48. The van der Waals surface area contributed by atoms with Gasteiger partial charge in [0.15, 0.2) is 5.82 Å². The third kappa shape index (κ3) is 5.32. The summed E-state index contributed by atoms with van der Waals surface area (Å²) in [5.74, 6) is 0.919. The van der Waals surface area contributed by atoms with E-state index in [1.165, 1.54) is 12.3 Å². The van der Waals surface area contributed by atoms with Gasteiger partial charge in [0.1, 0.15) is 5.75 Å². The molecule has 0 saturated carbocycles. The Morgan fingerprint density at radius 2 is 1.89 bits per heavy atom. The van der Waals surface area contributed by atoms with Crippen molar-refractivity contribution in [1.29, 1.82) is 0 Å². The molecule has 3 N–H and O–H groups in total. The molecule has 0 unspecified atom stereocenters. The normalized spacial score (nSPS) is 10.9. The van der Waals surface area contributed by atoms with Gasteiger partial charge >= 0.3 is 0 Å². The minimum Gasteiger partial charge on any atom is -0.506 e. The molecular formula is C19H17Cl2N5O. The van der Waals surface area contributed by atoms with Crippen LogP contribution >= 0.6 is 23.2 Å². The molecule has 3 rings (SSSR count). The van der Waals surface area contributed by atoms with Crippen LogP contribution in [0.15, 0.2) is 53.6 Å². The number of anilines is 2. The van der Waals surface area contributed by atoms with Crippen molar-refractivity contribution in [2.45, 2.75) is 13.5 Å². The number of hydrogen-bond acceptors (Lipinski definition) is 6. The maximum Gasteiger partial charge on any atom is 0.225 e. The number of nitrogens with one attached hydrogen (secondary N) is 2. The van der Waals surface area contributed by atoms with E-state index in [1.807, 2.05) is 37.3 Å². The molecule has 0 radical (unpaired) electrons. The molecule has 0 atom stereocenters. The molecule has 0 saturated heterocycles. The standard InChI is InChI=1S/C19H17Cl2N5O/c1-12-7-17(25-19(24-12)22-10-13-5-3-2-4-6-13)26-23-11-14-8-15(20)9-16(21)18(14)27/h2-9,11,27H,10H2,1H3,(H2,22,24,25,26). The van der Waals surface area contributed by atoms with Gasteiger partial charge in [-0.15, -0.1) is 0 Å². The van der Waals surface area contributed by atoms with Gasteiger partial charge in [-0.05, 0) is 24.6 Å². The maximum absolute atomic E-state index is 9.94. The van der Waals surface area contributed by atoms with Crippen molar-refractivity contribution in [2.24, 2.45) is 5.10 Å². The first-order chi connectivity index (χ1) is 13.0. The summed E-state index contributed by atoms with van der Waals surface area (Å²) in [5, 5.41) is 17.8. The third-order valence-corrected chi connectivity index (χ3v) is 4.09. The Bertz CT molecular complexity index is 964. The van der Waals surface area contributed by atoms with E-state index in [4.69, 9.17) is 23.2 Å². The summed E-state index contributed by atoms with van der Waals surface area (Å²) >= 11 is 11.8. The van der Waals surface area contributed by atoms with Gasteiger partial charge in [-0.25, -0.2) is 4.98 Å². The van der Waals surface area contributed by atoms with Crippen molar-refractivity contribution >= 4 is 41.2 Å². The molecule has 0 bridgehead atoms. The van der Waals surface area contributed by atoms with Crippen LogP contribution in [0.5, 0.6) is 5.75 Å². The van der Waals surface area contributed by atoms with Gasteiger partial charge in [0.25, 0.3) is 0 Å². The van der Waals surface area contributed by atoms with Crippen LogP contribution in [0.2, 0.25) is 10.0 Å². The molecule has 1 heterocycles. The van der Waals surface area contributed by atoms with Crippen LogP contribution in [-0.4, -0.2) is 21.3 Å². The van der Waals surface area contributed by atoms with Crippen LogP contribution in [0, 0.1) is 6.92 Å². The Labute approximate surface area is 166 Å². The molecule has 0 aliphatic carbocycles. The largest absolute Gasteiger partial charge is 0.506 e. The molecule has 0 spiro atoms. The summed E-state index contributed by atoms with van der Waals surface area (Å²) in [4.78, 5) is 8.74. The fourth-order valence-electron chi connectivity index (χ4n) is 2.33. The van der Waals surface area contributed by atoms with E-state index in [0.717, 1.165) is 11.3 Å².